The largest absolute Gasteiger partial charge is 0.311 e. The van der Waals surface area contributed by atoms with Crippen LogP contribution >= 0.6 is 0 Å². The van der Waals surface area contributed by atoms with E-state index in [1.165, 1.54) is 45.2 Å². The van der Waals surface area contributed by atoms with E-state index in [0.717, 1.165) is 23.9 Å². The monoisotopic (exact) mass is 252 g/mol. The zero-order valence-electron chi connectivity index (χ0n) is 12.8. The van der Waals surface area contributed by atoms with E-state index in [1.54, 1.807) is 0 Å². The lowest BCUT2D eigenvalue weighted by atomic mass is 9.89. The first-order valence-electron chi connectivity index (χ1n) is 8.08. The summed E-state index contributed by atoms with van der Waals surface area (Å²) in [5.74, 6) is 1.65. The second-order valence-corrected chi connectivity index (χ2v) is 7.00. The summed E-state index contributed by atoms with van der Waals surface area (Å²) in [7, 11) is 0. The summed E-state index contributed by atoms with van der Waals surface area (Å²) in [6.07, 6.45) is 7.21. The molecule has 2 heteroatoms. The molecular weight excluding hydrogens is 220 g/mol. The van der Waals surface area contributed by atoms with Crippen molar-refractivity contribution in [3.8, 4) is 0 Å². The van der Waals surface area contributed by atoms with Gasteiger partial charge in [0.25, 0.3) is 0 Å². The average molecular weight is 252 g/mol. The highest BCUT2D eigenvalue weighted by atomic mass is 15.3. The molecule has 4 unspecified atom stereocenters. The van der Waals surface area contributed by atoms with Crippen LogP contribution in [0.2, 0.25) is 0 Å². The molecule has 1 N–H and O–H groups in total. The lowest BCUT2D eigenvalue weighted by Crippen LogP contribution is -2.61. The minimum absolute atomic E-state index is 0.662. The summed E-state index contributed by atoms with van der Waals surface area (Å²) in [6, 6.07) is 2.24. The molecule has 0 aromatic carbocycles. The summed E-state index contributed by atoms with van der Waals surface area (Å²) < 4.78 is 0. The Morgan fingerprint density at radius 1 is 1.06 bits per heavy atom. The normalized spacial score (nSPS) is 39.8. The quantitative estimate of drug-likeness (QED) is 0.759. The van der Waals surface area contributed by atoms with Crippen molar-refractivity contribution >= 4 is 0 Å². The highest BCUT2D eigenvalue weighted by Crippen LogP contribution is 2.30. The van der Waals surface area contributed by atoms with E-state index in [1.807, 2.05) is 0 Å². The molecule has 0 aromatic heterocycles. The van der Waals surface area contributed by atoms with Gasteiger partial charge in [0.1, 0.15) is 0 Å². The minimum atomic E-state index is 0.662. The highest BCUT2D eigenvalue weighted by Gasteiger charge is 2.35. The topological polar surface area (TPSA) is 15.3 Å². The first-order chi connectivity index (χ1) is 8.59. The summed E-state index contributed by atoms with van der Waals surface area (Å²) in [6.45, 7) is 12.0. The molecule has 0 radical (unpaired) electrons. The molecule has 0 spiro atoms. The zero-order chi connectivity index (χ0) is 13.1. The third-order valence-electron chi connectivity index (χ3n) is 5.10. The molecule has 1 saturated heterocycles. The number of hydrogen-bond acceptors (Lipinski definition) is 2. The number of hydrogen-bond donors (Lipinski definition) is 1. The van der Waals surface area contributed by atoms with Crippen LogP contribution in [0.1, 0.15) is 59.8 Å². The molecule has 2 nitrogen and oxygen atoms in total. The van der Waals surface area contributed by atoms with Crippen LogP contribution in [0.5, 0.6) is 0 Å². The Kier molecular flexibility index (Phi) is 5.08. The Morgan fingerprint density at radius 3 is 2.50 bits per heavy atom. The van der Waals surface area contributed by atoms with Gasteiger partial charge in [0, 0.05) is 31.2 Å². The van der Waals surface area contributed by atoms with E-state index in [2.05, 4.69) is 37.9 Å². The Hall–Kier alpha value is -0.0800. The van der Waals surface area contributed by atoms with E-state index < -0.39 is 0 Å². The molecule has 0 aromatic rings. The van der Waals surface area contributed by atoms with Crippen LogP contribution in [0.25, 0.3) is 0 Å². The Bertz CT molecular complexity index is 251. The van der Waals surface area contributed by atoms with Crippen molar-refractivity contribution in [3.63, 3.8) is 0 Å². The second kappa shape index (κ2) is 6.38. The molecule has 1 aliphatic carbocycles. The van der Waals surface area contributed by atoms with Crippen molar-refractivity contribution in [2.24, 2.45) is 11.8 Å². The predicted molar refractivity (Wildman–Crippen MR) is 78.8 cm³/mol. The molecule has 2 aliphatic rings. The molecular formula is C16H32N2. The minimum Gasteiger partial charge on any atom is -0.311 e. The van der Waals surface area contributed by atoms with Crippen LogP contribution in [0, 0.1) is 11.8 Å². The molecule has 4 atom stereocenters. The van der Waals surface area contributed by atoms with Gasteiger partial charge in [0.2, 0.25) is 0 Å². The maximum Gasteiger partial charge on any atom is 0.0247 e. The van der Waals surface area contributed by atoms with Crippen LogP contribution in [-0.2, 0) is 0 Å². The lowest BCUT2D eigenvalue weighted by molar-refractivity contribution is 0.0323. The molecule has 0 bridgehead atoms. The van der Waals surface area contributed by atoms with Crippen molar-refractivity contribution in [3.05, 3.63) is 0 Å². The summed E-state index contributed by atoms with van der Waals surface area (Å²) in [4.78, 5) is 2.86. The molecule has 2 fully saturated rings. The van der Waals surface area contributed by atoms with Gasteiger partial charge >= 0.3 is 0 Å². The van der Waals surface area contributed by atoms with E-state index in [-0.39, 0.29) is 0 Å². The van der Waals surface area contributed by atoms with E-state index in [4.69, 9.17) is 0 Å². The third kappa shape index (κ3) is 3.27. The molecule has 2 rings (SSSR count). The first-order valence-corrected chi connectivity index (χ1v) is 8.08. The van der Waals surface area contributed by atoms with Crippen molar-refractivity contribution in [1.82, 2.24) is 10.2 Å². The van der Waals surface area contributed by atoms with Crippen LogP contribution in [-0.4, -0.2) is 36.1 Å². The third-order valence-corrected chi connectivity index (χ3v) is 5.10. The van der Waals surface area contributed by atoms with Gasteiger partial charge in [0.05, 0.1) is 0 Å². The van der Waals surface area contributed by atoms with Crippen molar-refractivity contribution in [2.75, 3.05) is 13.1 Å². The number of nitrogens with one attached hydrogen (secondary N) is 1. The van der Waals surface area contributed by atoms with Crippen LogP contribution in [0.3, 0.4) is 0 Å². The van der Waals surface area contributed by atoms with Crippen molar-refractivity contribution < 1.29 is 0 Å². The lowest BCUT2D eigenvalue weighted by Gasteiger charge is -2.47. The number of nitrogens with zero attached hydrogens (tertiary/aromatic N) is 1. The second-order valence-electron chi connectivity index (χ2n) is 7.00. The molecule has 106 valence electrons. The summed E-state index contributed by atoms with van der Waals surface area (Å²) in [5, 5.41) is 3.67. The van der Waals surface area contributed by atoms with Crippen molar-refractivity contribution in [1.29, 1.82) is 0 Å². The summed E-state index contributed by atoms with van der Waals surface area (Å²) in [5.41, 5.74) is 0. The number of rotatable bonds is 2. The first kappa shape index (κ1) is 14.3. The van der Waals surface area contributed by atoms with Gasteiger partial charge in [0.15, 0.2) is 0 Å². The fourth-order valence-corrected chi connectivity index (χ4v) is 3.92. The Morgan fingerprint density at radius 2 is 1.78 bits per heavy atom. The maximum atomic E-state index is 3.67. The van der Waals surface area contributed by atoms with Crippen molar-refractivity contribution in [2.45, 2.75) is 77.9 Å². The predicted octanol–water partition coefficient (Wildman–Crippen LogP) is 3.27. The average Bonchev–Trinajstić information content (AvgIpc) is 2.53. The highest BCUT2D eigenvalue weighted by molar-refractivity contribution is 4.92. The van der Waals surface area contributed by atoms with Gasteiger partial charge in [-0.2, -0.15) is 0 Å². The Labute approximate surface area is 114 Å². The van der Waals surface area contributed by atoms with Crippen LogP contribution in [0.4, 0.5) is 0 Å². The smallest absolute Gasteiger partial charge is 0.0247 e. The molecule has 18 heavy (non-hydrogen) atoms. The fraction of sp³-hybridized carbons (Fsp3) is 1.00. The van der Waals surface area contributed by atoms with E-state index in [9.17, 15) is 0 Å². The maximum absolute atomic E-state index is 3.67. The molecule has 1 aliphatic heterocycles. The zero-order valence-corrected chi connectivity index (χ0v) is 12.8. The van der Waals surface area contributed by atoms with Gasteiger partial charge in [-0.05, 0) is 31.6 Å². The van der Waals surface area contributed by atoms with Crippen LogP contribution < -0.4 is 5.32 Å². The summed E-state index contributed by atoms with van der Waals surface area (Å²) >= 11 is 0. The SMILES string of the molecule is CC1CN(C2CCCCCC2C)C(C(C)C)CN1. The molecule has 1 heterocycles. The Balaban J connectivity index is 2.09. The molecule has 1 saturated carbocycles. The van der Waals surface area contributed by atoms with Gasteiger partial charge in [-0.15, -0.1) is 0 Å². The molecule has 0 amide bonds. The van der Waals surface area contributed by atoms with Gasteiger partial charge in [-0.3, -0.25) is 4.90 Å². The van der Waals surface area contributed by atoms with Crippen LogP contribution in [0.15, 0.2) is 0 Å². The fourth-order valence-electron chi connectivity index (χ4n) is 3.92. The van der Waals surface area contributed by atoms with Gasteiger partial charge in [-0.25, -0.2) is 0 Å². The van der Waals surface area contributed by atoms with E-state index in [0.29, 0.717) is 6.04 Å². The van der Waals surface area contributed by atoms with E-state index >= 15 is 0 Å². The van der Waals surface area contributed by atoms with Gasteiger partial charge in [-0.1, -0.05) is 40.0 Å². The van der Waals surface area contributed by atoms with Gasteiger partial charge < -0.3 is 5.32 Å². The standard InChI is InChI=1S/C16H32N2/c1-12(2)16-10-17-14(4)11-18(16)15-9-7-5-6-8-13(15)3/h12-17H,5-11H2,1-4H3. The number of piperazine rings is 1.